The summed E-state index contributed by atoms with van der Waals surface area (Å²) in [5, 5.41) is 54.4. The van der Waals surface area contributed by atoms with Gasteiger partial charge in [0.05, 0.1) is 19.3 Å². The summed E-state index contributed by atoms with van der Waals surface area (Å²) >= 11 is 6.53. The summed E-state index contributed by atoms with van der Waals surface area (Å²) in [6.45, 7) is 13.4. The zero-order chi connectivity index (χ0) is 69.1. The molecule has 0 saturated heterocycles. The predicted octanol–water partition coefficient (Wildman–Crippen LogP) is 1.96. The maximum absolute atomic E-state index is 13.9. The monoisotopic (exact) mass is 1310 g/mol. The first-order chi connectivity index (χ1) is 42.9. The zero-order valence-corrected chi connectivity index (χ0v) is 54.7. The van der Waals surface area contributed by atoms with Gasteiger partial charge in [-0.05, 0) is 117 Å². The molecule has 3 aromatic rings. The molecule has 1 aromatic heterocycles. The quantitative estimate of drug-likeness (QED) is 0.0385. The topological polar surface area (TPSA) is 468 Å². The normalized spacial score (nSPS) is 14.0. The van der Waals surface area contributed by atoms with Crippen LogP contribution in [0.1, 0.15) is 163 Å². The van der Waals surface area contributed by atoms with E-state index in [1.807, 2.05) is 24.3 Å². The molecule has 0 bridgehead atoms. The maximum atomic E-state index is 13.9. The number of aromatic nitrogens is 1. The smallest absolute Gasteiger partial charge is 0.305 e. The lowest BCUT2D eigenvalue weighted by atomic mass is 9.91. The van der Waals surface area contributed by atoms with E-state index < -0.39 is 149 Å². The molecule has 3 rings (SSSR count). The third kappa shape index (κ3) is 30.7. The summed E-state index contributed by atoms with van der Waals surface area (Å²) in [4.78, 5) is 159. The number of carboxylic acid groups (broad SMARTS) is 3. The van der Waals surface area contributed by atoms with Crippen LogP contribution in [0.2, 0.25) is 5.02 Å². The average molecular weight is 1310 g/mol. The van der Waals surface area contributed by atoms with E-state index in [1.54, 1.807) is 85.9 Å². The van der Waals surface area contributed by atoms with Crippen LogP contribution in [0.25, 0.3) is 10.9 Å². The number of aliphatic carboxylic acids is 3. The Morgan fingerprint density at radius 1 is 0.457 bits per heavy atom. The lowest BCUT2D eigenvalue weighted by Crippen LogP contribution is -2.54. The van der Waals surface area contributed by atoms with Crippen LogP contribution in [0, 0.1) is 0 Å². The van der Waals surface area contributed by atoms with Gasteiger partial charge in [-0.1, -0.05) is 54.9 Å². The first-order valence-corrected chi connectivity index (χ1v) is 31.1. The number of aromatic amines is 1. The molecular formula is C63H96ClN13O15. The van der Waals surface area contributed by atoms with Crippen LogP contribution in [-0.2, 0) is 70.4 Å². The number of para-hydroxylation sites is 1. The highest BCUT2D eigenvalue weighted by atomic mass is 35.5. The summed E-state index contributed by atoms with van der Waals surface area (Å²) < 4.78 is 0. The van der Waals surface area contributed by atoms with E-state index in [1.165, 1.54) is 0 Å². The third-order valence-electron chi connectivity index (χ3n) is 14.9. The predicted molar refractivity (Wildman–Crippen MR) is 344 cm³/mol. The first kappa shape index (κ1) is 78.0. The van der Waals surface area contributed by atoms with Gasteiger partial charge in [-0.15, -0.1) is 0 Å². The fourth-order valence-electron chi connectivity index (χ4n) is 10.7. The van der Waals surface area contributed by atoms with E-state index in [0.29, 0.717) is 23.6 Å². The summed E-state index contributed by atoms with van der Waals surface area (Å²) in [5.74, 6) is -9.07. The Hall–Kier alpha value is -8.21. The van der Waals surface area contributed by atoms with Gasteiger partial charge in [-0.3, -0.25) is 57.5 Å². The van der Waals surface area contributed by atoms with Crippen LogP contribution in [0.5, 0.6) is 0 Å². The molecule has 0 aliphatic rings. The van der Waals surface area contributed by atoms with Gasteiger partial charge in [0.2, 0.25) is 53.2 Å². The molecule has 19 N–H and O–H groups in total. The van der Waals surface area contributed by atoms with Crippen LogP contribution in [-0.4, -0.2) is 163 Å². The second kappa shape index (κ2) is 36.7. The summed E-state index contributed by atoms with van der Waals surface area (Å²) in [5.41, 5.74) is 15.0. The number of benzene rings is 2. The lowest BCUT2D eigenvalue weighted by Gasteiger charge is -2.33. The number of hydrogen-bond acceptors (Lipinski definition) is 15. The summed E-state index contributed by atoms with van der Waals surface area (Å²) in [6, 6.07) is 8.73. The summed E-state index contributed by atoms with van der Waals surface area (Å²) in [6.07, 6.45) is -1.55. The van der Waals surface area contributed by atoms with Gasteiger partial charge in [0.15, 0.2) is 0 Å². The van der Waals surface area contributed by atoms with Crippen LogP contribution in [0.4, 0.5) is 0 Å². The standard InChI is InChI=1S/C63H96ClN13O15/c1-9-63(8,77-56(86)34-62(6,7)74-50(80)24-39(67)18-20-65)35-55(85)73-43(29-57(87)88)28-52(82)76-61(4,5)32-53(83)71-41(22-37-14-10-12-16-46(37)64)26-48(78)69-40(19-21-66)25-51(81)75-60(2,3)33-54(84)72-42(23-38-36-68-47-17-13-11-15-45(38)47)27-49(79)70-44(30-58(89)90)31-59(91)92/h10-17,36,39-44,68H,9,18-35,65-67H2,1-8H3,(H,69,78)(H,70,79)(H,71,83)(H,72,84)(H,73,85)(H,74,80)(H,75,81)(H,76,82)(H,77,86)(H,87,88)(H,89,90)(H,91,92)/t39-,40-,41?,42-,43-,63-/m0/s1. The number of rotatable bonds is 42. The number of carbonyl (C=O) groups excluding carboxylic acids is 9. The van der Waals surface area contributed by atoms with E-state index in [9.17, 15) is 72.9 Å². The van der Waals surface area contributed by atoms with Crippen molar-refractivity contribution in [1.82, 2.24) is 52.8 Å². The lowest BCUT2D eigenvalue weighted by molar-refractivity contribution is -0.141. The minimum atomic E-state index is -1.31. The molecule has 29 heteroatoms. The molecule has 0 spiro atoms. The van der Waals surface area contributed by atoms with Gasteiger partial charge >= 0.3 is 17.9 Å². The SMILES string of the molecule is CC[C@@](C)(CC(=O)N[C@H](CC(=O)O)CC(=O)NC(C)(C)CC(=O)NC(CC(=O)N[C@@H](CCN)CC(=O)NC(C)(C)CC(=O)N[C@H](CC(=O)NC(CC(=O)O)CC(=O)O)Cc1c[nH]c2ccccc12)Cc1ccccc1Cl)NC(=O)CC(C)(C)NC(=O)C[C@@H](N)CCN. The highest BCUT2D eigenvalue weighted by molar-refractivity contribution is 6.31. The van der Waals surface area contributed by atoms with Gasteiger partial charge in [0, 0.05) is 138 Å². The van der Waals surface area contributed by atoms with Gasteiger partial charge in [-0.25, -0.2) is 0 Å². The number of hydrogen-bond donors (Lipinski definition) is 16. The molecule has 9 amide bonds. The van der Waals surface area contributed by atoms with E-state index in [2.05, 4.69) is 52.8 Å². The zero-order valence-electron chi connectivity index (χ0n) is 53.9. The number of carbonyl (C=O) groups is 12. The fraction of sp³-hybridized carbons (Fsp3) is 0.587. The Labute approximate surface area is 541 Å². The van der Waals surface area contributed by atoms with Crippen molar-refractivity contribution in [2.24, 2.45) is 17.2 Å². The molecule has 0 aliphatic carbocycles. The first-order valence-electron chi connectivity index (χ1n) is 30.7. The van der Waals surface area contributed by atoms with Crippen molar-refractivity contribution in [2.45, 2.75) is 223 Å². The van der Waals surface area contributed by atoms with Crippen LogP contribution in [0.15, 0.2) is 54.7 Å². The van der Waals surface area contributed by atoms with Crippen molar-refractivity contribution in [2.75, 3.05) is 13.1 Å². The Balaban J connectivity index is 1.66. The Kier molecular flexibility index (Phi) is 31.2. The Morgan fingerprint density at radius 2 is 0.848 bits per heavy atom. The molecule has 510 valence electrons. The Bertz CT molecular complexity index is 3050. The van der Waals surface area contributed by atoms with Gasteiger partial charge < -0.3 is 85.4 Å². The van der Waals surface area contributed by atoms with Crippen LogP contribution < -0.4 is 65.1 Å². The average Bonchev–Trinajstić information content (AvgIpc) is 1.66. The van der Waals surface area contributed by atoms with Crippen LogP contribution in [0.3, 0.4) is 0 Å². The number of amides is 9. The second-order valence-corrected chi connectivity index (χ2v) is 26.3. The number of halogens is 1. The van der Waals surface area contributed by atoms with E-state index in [4.69, 9.17) is 28.8 Å². The molecule has 0 fully saturated rings. The molecule has 0 aliphatic heterocycles. The third-order valence-corrected chi connectivity index (χ3v) is 15.3. The van der Waals surface area contributed by atoms with Crippen molar-refractivity contribution in [3.05, 3.63) is 70.9 Å². The van der Waals surface area contributed by atoms with Crippen LogP contribution >= 0.6 is 11.6 Å². The molecule has 1 unspecified atom stereocenters. The number of H-pyrrole nitrogens is 1. The number of nitrogens with one attached hydrogen (secondary N) is 10. The number of carboxylic acids is 3. The maximum Gasteiger partial charge on any atom is 0.305 e. The van der Waals surface area contributed by atoms with Crippen molar-refractivity contribution in [3.63, 3.8) is 0 Å². The largest absolute Gasteiger partial charge is 0.481 e. The van der Waals surface area contributed by atoms with Crippen molar-refractivity contribution < 1.29 is 72.9 Å². The van der Waals surface area contributed by atoms with Crippen molar-refractivity contribution in [3.8, 4) is 0 Å². The van der Waals surface area contributed by atoms with Crippen molar-refractivity contribution >= 4 is 93.6 Å². The molecule has 1 heterocycles. The molecule has 2 aromatic carbocycles. The Morgan fingerprint density at radius 3 is 1.34 bits per heavy atom. The van der Waals surface area contributed by atoms with Gasteiger partial charge in [0.25, 0.3) is 0 Å². The summed E-state index contributed by atoms with van der Waals surface area (Å²) in [7, 11) is 0. The van der Waals surface area contributed by atoms with E-state index in [-0.39, 0.29) is 89.5 Å². The molecular weight excluding hydrogens is 1210 g/mol. The molecule has 28 nitrogen and oxygen atoms in total. The molecule has 0 saturated carbocycles. The van der Waals surface area contributed by atoms with Gasteiger partial charge in [-0.2, -0.15) is 0 Å². The van der Waals surface area contributed by atoms with E-state index in [0.717, 1.165) is 16.5 Å². The van der Waals surface area contributed by atoms with Crippen molar-refractivity contribution in [1.29, 1.82) is 0 Å². The number of nitrogens with two attached hydrogens (primary N) is 3. The van der Waals surface area contributed by atoms with E-state index >= 15 is 0 Å². The van der Waals surface area contributed by atoms with Gasteiger partial charge in [0.1, 0.15) is 0 Å². The minimum absolute atomic E-state index is 0.0182. The highest BCUT2D eigenvalue weighted by Gasteiger charge is 2.35. The molecule has 92 heavy (non-hydrogen) atoms. The highest BCUT2D eigenvalue weighted by Crippen LogP contribution is 2.23. The molecule has 6 atom stereocenters. The minimum Gasteiger partial charge on any atom is -0.481 e. The second-order valence-electron chi connectivity index (χ2n) is 25.9. The molecule has 0 radical (unpaired) electrons. The number of fused-ring (bicyclic) bond motifs is 1. The fourth-order valence-corrected chi connectivity index (χ4v) is 10.9.